The minimum Gasteiger partial charge on any atom is -0.488 e. The fraction of sp³-hybridized carbons (Fsp3) is 0.286. The molecule has 0 saturated heterocycles. The van der Waals surface area contributed by atoms with Crippen LogP contribution in [0.3, 0.4) is 0 Å². The van der Waals surface area contributed by atoms with E-state index in [0.717, 1.165) is 0 Å². The van der Waals surface area contributed by atoms with Crippen molar-refractivity contribution in [2.75, 3.05) is 6.61 Å². The topological polar surface area (TPSA) is 42.4 Å². The number of ether oxygens (including phenoxy) is 1. The number of hydrogen-bond acceptors (Lipinski definition) is 3. The number of aliphatic hydroxyl groups is 1. The van der Waals surface area contributed by atoms with Gasteiger partial charge in [-0.3, -0.25) is 4.98 Å². The molecule has 0 aliphatic carbocycles. The average Bonchev–Trinajstić information content (AvgIpc) is 2.34. The van der Waals surface area contributed by atoms with Crippen molar-refractivity contribution in [3.05, 3.63) is 24.0 Å². The van der Waals surface area contributed by atoms with Crippen LogP contribution < -0.4 is 4.74 Å². The largest absolute Gasteiger partial charge is 0.488 e. The van der Waals surface area contributed by atoms with Crippen molar-refractivity contribution < 1.29 is 9.84 Å². The number of nitrogens with zero attached hydrogens (tertiary/aromatic N) is 1. The molecule has 0 spiro atoms. The van der Waals surface area contributed by atoms with Gasteiger partial charge in [-0.25, -0.2) is 0 Å². The zero-order valence-electron chi connectivity index (χ0n) is 5.32. The van der Waals surface area contributed by atoms with Crippen molar-refractivity contribution in [3.63, 3.8) is 0 Å². The van der Waals surface area contributed by atoms with Crippen molar-refractivity contribution in [3.8, 4) is 5.75 Å². The van der Waals surface area contributed by atoms with Gasteiger partial charge in [0.05, 0.1) is 0 Å². The third-order valence-corrected chi connectivity index (χ3v) is 1.51. The van der Waals surface area contributed by atoms with E-state index < -0.39 is 6.10 Å². The molecule has 2 heterocycles. The van der Waals surface area contributed by atoms with Crippen molar-refractivity contribution in [2.24, 2.45) is 0 Å². The number of fused-ring (bicyclic) bond motifs is 1. The van der Waals surface area contributed by atoms with Gasteiger partial charge in [-0.2, -0.15) is 0 Å². The summed E-state index contributed by atoms with van der Waals surface area (Å²) in [5.74, 6) is 0.704. The first-order valence-corrected chi connectivity index (χ1v) is 3.14. The van der Waals surface area contributed by atoms with E-state index in [-0.39, 0.29) is 0 Å². The molecule has 1 aliphatic heterocycles. The Morgan fingerprint density at radius 3 is 3.40 bits per heavy atom. The van der Waals surface area contributed by atoms with E-state index in [2.05, 4.69) is 4.98 Å². The average molecular weight is 137 g/mol. The quantitative estimate of drug-likeness (QED) is 0.566. The van der Waals surface area contributed by atoms with Crippen LogP contribution in [0.1, 0.15) is 11.8 Å². The number of hydrogen-bond donors (Lipinski definition) is 1. The molecule has 3 nitrogen and oxygen atoms in total. The number of aliphatic hydroxyl groups excluding tert-OH is 1. The third-order valence-electron chi connectivity index (χ3n) is 1.51. The molecule has 0 amide bonds. The van der Waals surface area contributed by atoms with Gasteiger partial charge in [0.15, 0.2) is 0 Å². The summed E-state index contributed by atoms with van der Waals surface area (Å²) in [6.45, 7) is 0.340. The molecule has 0 radical (unpaired) electrons. The molecule has 1 aromatic rings. The Bertz CT molecular complexity index is 249. The highest BCUT2D eigenvalue weighted by Gasteiger charge is 2.21. The predicted molar refractivity (Wildman–Crippen MR) is 34.7 cm³/mol. The van der Waals surface area contributed by atoms with E-state index in [0.29, 0.717) is 18.1 Å². The maximum Gasteiger partial charge on any atom is 0.143 e. The predicted octanol–water partition coefficient (Wildman–Crippen LogP) is 0.507. The summed E-state index contributed by atoms with van der Waals surface area (Å²) in [7, 11) is 0. The molecule has 0 unspecified atom stereocenters. The monoisotopic (exact) mass is 137 g/mol. The van der Waals surface area contributed by atoms with E-state index >= 15 is 0 Å². The number of pyridine rings is 1. The van der Waals surface area contributed by atoms with Crippen LogP contribution in [0.4, 0.5) is 0 Å². The lowest BCUT2D eigenvalue weighted by Gasteiger charge is -1.94. The Hall–Kier alpha value is -1.09. The molecule has 0 saturated carbocycles. The van der Waals surface area contributed by atoms with Gasteiger partial charge < -0.3 is 9.84 Å². The van der Waals surface area contributed by atoms with Gasteiger partial charge >= 0.3 is 0 Å². The third kappa shape index (κ3) is 0.675. The molecule has 1 aromatic heterocycles. The smallest absolute Gasteiger partial charge is 0.143 e. The van der Waals surface area contributed by atoms with Crippen molar-refractivity contribution in [1.82, 2.24) is 4.98 Å². The van der Waals surface area contributed by atoms with Crippen LogP contribution in [0.2, 0.25) is 0 Å². The van der Waals surface area contributed by atoms with Gasteiger partial charge in [0.2, 0.25) is 0 Å². The normalized spacial score (nSPS) is 21.9. The summed E-state index contributed by atoms with van der Waals surface area (Å²) < 4.78 is 5.10. The fourth-order valence-electron chi connectivity index (χ4n) is 1.02. The second-order valence-corrected chi connectivity index (χ2v) is 2.21. The highest BCUT2D eigenvalue weighted by Crippen LogP contribution is 2.28. The summed E-state index contributed by atoms with van der Waals surface area (Å²) >= 11 is 0. The first-order chi connectivity index (χ1) is 4.88. The SMILES string of the molecule is O[C@@H]1COc2cccnc21. The first-order valence-electron chi connectivity index (χ1n) is 3.14. The fourth-order valence-corrected chi connectivity index (χ4v) is 1.02. The minimum atomic E-state index is -0.531. The van der Waals surface area contributed by atoms with Gasteiger partial charge in [0.25, 0.3) is 0 Å². The van der Waals surface area contributed by atoms with Crippen LogP contribution in [-0.2, 0) is 0 Å². The number of aromatic nitrogens is 1. The molecule has 0 bridgehead atoms. The van der Waals surface area contributed by atoms with E-state index in [4.69, 9.17) is 4.74 Å². The van der Waals surface area contributed by atoms with Gasteiger partial charge in [-0.15, -0.1) is 0 Å². The van der Waals surface area contributed by atoms with E-state index in [1.807, 2.05) is 0 Å². The van der Waals surface area contributed by atoms with Crippen LogP contribution in [0.5, 0.6) is 5.75 Å². The molecule has 1 aliphatic rings. The standard InChI is InChI=1S/C7H7NO2/c9-5-4-10-6-2-1-3-8-7(5)6/h1-3,5,9H,4H2/t5-/m1/s1. The summed E-state index contributed by atoms with van der Waals surface area (Å²) in [4.78, 5) is 3.97. The number of rotatable bonds is 0. The maximum atomic E-state index is 9.19. The minimum absolute atomic E-state index is 0.340. The molecular weight excluding hydrogens is 130 g/mol. The lowest BCUT2D eigenvalue weighted by molar-refractivity contribution is 0.138. The molecule has 1 atom stereocenters. The molecule has 10 heavy (non-hydrogen) atoms. The summed E-state index contributed by atoms with van der Waals surface area (Å²) in [5, 5.41) is 9.19. The van der Waals surface area contributed by atoms with Crippen molar-refractivity contribution in [2.45, 2.75) is 6.10 Å². The Balaban J connectivity index is 2.51. The zero-order chi connectivity index (χ0) is 6.97. The van der Waals surface area contributed by atoms with E-state index in [9.17, 15) is 5.11 Å². The highest BCUT2D eigenvalue weighted by molar-refractivity contribution is 5.31. The zero-order valence-corrected chi connectivity index (χ0v) is 5.32. The van der Waals surface area contributed by atoms with E-state index in [1.165, 1.54) is 0 Å². The lowest BCUT2D eigenvalue weighted by atomic mass is 10.2. The van der Waals surface area contributed by atoms with Crippen LogP contribution in [-0.4, -0.2) is 16.7 Å². The Labute approximate surface area is 58.3 Å². The summed E-state index contributed by atoms with van der Waals surface area (Å²) in [6.07, 6.45) is 1.12. The van der Waals surface area contributed by atoms with Crippen LogP contribution >= 0.6 is 0 Å². The van der Waals surface area contributed by atoms with Gasteiger partial charge in [-0.1, -0.05) is 0 Å². The maximum absolute atomic E-state index is 9.19. The molecule has 0 fully saturated rings. The summed E-state index contributed by atoms with van der Waals surface area (Å²) in [6, 6.07) is 3.59. The molecule has 1 N–H and O–H groups in total. The van der Waals surface area contributed by atoms with Gasteiger partial charge in [0, 0.05) is 6.20 Å². The van der Waals surface area contributed by atoms with Crippen molar-refractivity contribution in [1.29, 1.82) is 0 Å². The van der Waals surface area contributed by atoms with Crippen LogP contribution in [0, 0.1) is 0 Å². The van der Waals surface area contributed by atoms with Crippen molar-refractivity contribution >= 4 is 0 Å². The van der Waals surface area contributed by atoms with Crippen LogP contribution in [0.15, 0.2) is 18.3 Å². The first kappa shape index (κ1) is 5.68. The molecule has 2 rings (SSSR count). The van der Waals surface area contributed by atoms with Gasteiger partial charge in [0.1, 0.15) is 24.2 Å². The Kier molecular flexibility index (Phi) is 1.11. The molecule has 52 valence electrons. The lowest BCUT2D eigenvalue weighted by Crippen LogP contribution is -1.98. The second-order valence-electron chi connectivity index (χ2n) is 2.21. The van der Waals surface area contributed by atoms with E-state index in [1.54, 1.807) is 18.3 Å². The Morgan fingerprint density at radius 1 is 1.70 bits per heavy atom. The highest BCUT2D eigenvalue weighted by atomic mass is 16.5. The Morgan fingerprint density at radius 2 is 2.60 bits per heavy atom. The molecular formula is C7H7NO2. The van der Waals surface area contributed by atoms with Crippen LogP contribution in [0.25, 0.3) is 0 Å². The second kappa shape index (κ2) is 1.95. The molecule has 3 heteroatoms. The molecule has 0 aromatic carbocycles. The van der Waals surface area contributed by atoms with Gasteiger partial charge in [-0.05, 0) is 12.1 Å². The summed E-state index contributed by atoms with van der Waals surface area (Å²) in [5.41, 5.74) is 0.655.